The molecule has 1 aliphatic heterocycles. The minimum Gasteiger partial charge on any atom is -0.480 e. The number of piperazine rings is 1. The van der Waals surface area contributed by atoms with Crippen LogP contribution in [0.3, 0.4) is 0 Å². The van der Waals surface area contributed by atoms with E-state index in [0.29, 0.717) is 11.7 Å². The summed E-state index contributed by atoms with van der Waals surface area (Å²) in [5.41, 5.74) is 1.90. The van der Waals surface area contributed by atoms with Gasteiger partial charge in [-0.25, -0.2) is 9.97 Å². The first kappa shape index (κ1) is 18.2. The molecule has 1 aromatic carbocycles. The minimum absolute atomic E-state index is 0.527. The van der Waals surface area contributed by atoms with Crippen molar-refractivity contribution < 1.29 is 4.74 Å². The summed E-state index contributed by atoms with van der Waals surface area (Å²) in [7, 11) is 1.60. The van der Waals surface area contributed by atoms with Crippen LogP contribution < -0.4 is 14.5 Å². The van der Waals surface area contributed by atoms with Gasteiger partial charge in [0.1, 0.15) is 5.82 Å². The van der Waals surface area contributed by atoms with Gasteiger partial charge in [-0.05, 0) is 24.3 Å². The summed E-state index contributed by atoms with van der Waals surface area (Å²) in [6.45, 7) is 3.31. The Hall–Kier alpha value is -3.81. The maximum Gasteiger partial charge on any atom is 0.233 e. The number of fused-ring (bicyclic) bond motifs is 1. The lowest BCUT2D eigenvalue weighted by atomic mass is 10.2. The summed E-state index contributed by atoms with van der Waals surface area (Å²) < 4.78 is 5.21. The van der Waals surface area contributed by atoms with Crippen LogP contribution in [0, 0.1) is 0 Å². The second-order valence-corrected chi connectivity index (χ2v) is 7.02. The number of ether oxygens (including phenoxy) is 1. The van der Waals surface area contributed by atoms with Crippen LogP contribution in [-0.4, -0.2) is 58.2 Å². The molecule has 0 N–H and O–H groups in total. The molecule has 8 nitrogen and oxygen atoms in total. The van der Waals surface area contributed by atoms with Crippen LogP contribution in [0.4, 0.5) is 11.6 Å². The van der Waals surface area contributed by atoms with Gasteiger partial charge in [0.05, 0.1) is 25.0 Å². The van der Waals surface area contributed by atoms with Crippen molar-refractivity contribution in [1.29, 1.82) is 0 Å². The molecule has 1 aliphatic rings. The average Bonchev–Trinajstić information content (AvgIpc) is 2.84. The predicted octanol–water partition coefficient (Wildman–Crippen LogP) is 2.82. The number of anilines is 2. The molecule has 0 unspecified atom stereocenters. The van der Waals surface area contributed by atoms with Gasteiger partial charge in [-0.15, -0.1) is 0 Å². The van der Waals surface area contributed by atoms with Gasteiger partial charge in [0, 0.05) is 49.5 Å². The topological polar surface area (TPSA) is 80.2 Å². The van der Waals surface area contributed by atoms with Gasteiger partial charge in [-0.3, -0.25) is 9.97 Å². The molecule has 0 radical (unpaired) electrons. The number of nitrogens with zero attached hydrogens (tertiary/aromatic N) is 7. The Bertz CT molecular complexity index is 1160. The molecule has 1 saturated heterocycles. The summed E-state index contributed by atoms with van der Waals surface area (Å²) in [5.74, 6) is 3.04. The van der Waals surface area contributed by atoms with E-state index < -0.39 is 0 Å². The number of rotatable bonds is 4. The molecule has 0 saturated carbocycles. The summed E-state index contributed by atoms with van der Waals surface area (Å²) in [4.78, 5) is 27.1. The lowest BCUT2D eigenvalue weighted by Crippen LogP contribution is -2.47. The average molecular weight is 399 g/mol. The van der Waals surface area contributed by atoms with Gasteiger partial charge in [0.2, 0.25) is 5.88 Å². The van der Waals surface area contributed by atoms with E-state index >= 15 is 0 Å². The standard InChI is InChI=1S/C22H21N7O/c1-30-20-15-24-14-19(26-20)28-10-12-29(13-11-28)22-17-4-2-3-5-18(17)25-21(27-22)16-6-8-23-9-7-16/h2-9,14-15H,10-13H2,1H3. The van der Waals surface area contributed by atoms with Crippen molar-refractivity contribution in [3.8, 4) is 17.3 Å². The van der Waals surface area contributed by atoms with Crippen LogP contribution >= 0.6 is 0 Å². The summed E-state index contributed by atoms with van der Waals surface area (Å²) >= 11 is 0. The minimum atomic E-state index is 0.527. The van der Waals surface area contributed by atoms with Gasteiger partial charge in [0.25, 0.3) is 0 Å². The molecule has 4 aromatic rings. The van der Waals surface area contributed by atoms with Crippen LogP contribution in [0.2, 0.25) is 0 Å². The molecule has 3 aromatic heterocycles. The Morgan fingerprint density at radius 2 is 1.57 bits per heavy atom. The van der Waals surface area contributed by atoms with Crippen LogP contribution in [0.25, 0.3) is 22.3 Å². The zero-order valence-electron chi connectivity index (χ0n) is 16.6. The highest BCUT2D eigenvalue weighted by molar-refractivity contribution is 5.91. The number of para-hydroxylation sites is 1. The highest BCUT2D eigenvalue weighted by Gasteiger charge is 2.22. The quantitative estimate of drug-likeness (QED) is 0.518. The Kier molecular flexibility index (Phi) is 4.80. The van der Waals surface area contributed by atoms with E-state index in [-0.39, 0.29) is 0 Å². The fourth-order valence-corrected chi connectivity index (χ4v) is 3.67. The second-order valence-electron chi connectivity index (χ2n) is 7.02. The normalized spacial score (nSPS) is 14.2. The van der Waals surface area contributed by atoms with Crippen LogP contribution in [0.1, 0.15) is 0 Å². The molecule has 1 fully saturated rings. The van der Waals surface area contributed by atoms with Crippen molar-refractivity contribution in [3.63, 3.8) is 0 Å². The first-order valence-electron chi connectivity index (χ1n) is 9.85. The van der Waals surface area contributed by atoms with Crippen molar-refractivity contribution in [3.05, 3.63) is 61.2 Å². The van der Waals surface area contributed by atoms with Crippen LogP contribution in [0.15, 0.2) is 61.2 Å². The lowest BCUT2D eigenvalue weighted by molar-refractivity contribution is 0.395. The molecule has 4 heterocycles. The monoisotopic (exact) mass is 399 g/mol. The largest absolute Gasteiger partial charge is 0.480 e. The number of hydrogen-bond acceptors (Lipinski definition) is 8. The molecular formula is C22H21N7O. The van der Waals surface area contributed by atoms with Crippen molar-refractivity contribution in [2.45, 2.75) is 0 Å². The van der Waals surface area contributed by atoms with Crippen LogP contribution in [0.5, 0.6) is 5.88 Å². The Labute approximate surface area is 174 Å². The van der Waals surface area contributed by atoms with Gasteiger partial charge in [-0.2, -0.15) is 4.98 Å². The fraction of sp³-hybridized carbons (Fsp3) is 0.227. The maximum atomic E-state index is 5.21. The molecule has 0 amide bonds. The fourth-order valence-electron chi connectivity index (χ4n) is 3.67. The van der Waals surface area contributed by atoms with E-state index in [4.69, 9.17) is 14.7 Å². The van der Waals surface area contributed by atoms with E-state index in [1.54, 1.807) is 31.9 Å². The third-order valence-electron chi connectivity index (χ3n) is 5.23. The van der Waals surface area contributed by atoms with Gasteiger partial charge in [-0.1, -0.05) is 12.1 Å². The summed E-state index contributed by atoms with van der Waals surface area (Å²) in [6, 6.07) is 12.0. The molecule has 0 atom stereocenters. The molecule has 150 valence electrons. The SMILES string of the molecule is COc1cncc(N2CCN(c3nc(-c4ccncc4)nc4ccccc34)CC2)n1. The molecule has 0 spiro atoms. The number of aromatic nitrogens is 5. The van der Waals surface area contributed by atoms with E-state index in [1.807, 2.05) is 30.3 Å². The number of methoxy groups -OCH3 is 1. The van der Waals surface area contributed by atoms with Crippen molar-refractivity contribution >= 4 is 22.5 Å². The summed E-state index contributed by atoms with van der Waals surface area (Å²) in [5, 5.41) is 1.06. The zero-order valence-corrected chi connectivity index (χ0v) is 16.6. The molecule has 30 heavy (non-hydrogen) atoms. The van der Waals surface area contributed by atoms with Crippen molar-refractivity contribution in [1.82, 2.24) is 24.9 Å². The number of pyridine rings is 1. The Balaban J connectivity index is 1.45. The third kappa shape index (κ3) is 3.47. The Morgan fingerprint density at radius 1 is 0.800 bits per heavy atom. The van der Waals surface area contributed by atoms with E-state index in [1.165, 1.54) is 0 Å². The maximum absolute atomic E-state index is 5.21. The molecule has 0 aliphatic carbocycles. The first-order chi connectivity index (χ1) is 14.8. The highest BCUT2D eigenvalue weighted by atomic mass is 16.5. The van der Waals surface area contributed by atoms with Gasteiger partial charge >= 0.3 is 0 Å². The van der Waals surface area contributed by atoms with E-state index in [9.17, 15) is 0 Å². The molecular weight excluding hydrogens is 378 g/mol. The van der Waals surface area contributed by atoms with E-state index in [2.05, 4.69) is 30.8 Å². The Morgan fingerprint density at radius 3 is 2.37 bits per heavy atom. The molecule has 0 bridgehead atoms. The third-order valence-corrected chi connectivity index (χ3v) is 5.23. The van der Waals surface area contributed by atoms with Gasteiger partial charge in [0.15, 0.2) is 11.6 Å². The predicted molar refractivity (Wildman–Crippen MR) is 116 cm³/mol. The highest BCUT2D eigenvalue weighted by Crippen LogP contribution is 2.28. The number of benzene rings is 1. The number of hydrogen-bond donors (Lipinski definition) is 0. The zero-order chi connectivity index (χ0) is 20.3. The van der Waals surface area contributed by atoms with Gasteiger partial charge < -0.3 is 14.5 Å². The van der Waals surface area contributed by atoms with Crippen molar-refractivity contribution in [2.24, 2.45) is 0 Å². The van der Waals surface area contributed by atoms with Crippen molar-refractivity contribution in [2.75, 3.05) is 43.1 Å². The summed E-state index contributed by atoms with van der Waals surface area (Å²) in [6.07, 6.45) is 6.93. The smallest absolute Gasteiger partial charge is 0.233 e. The first-order valence-corrected chi connectivity index (χ1v) is 9.85. The molecule has 8 heteroatoms. The lowest BCUT2D eigenvalue weighted by Gasteiger charge is -2.36. The van der Waals surface area contributed by atoms with Crippen LogP contribution in [-0.2, 0) is 0 Å². The second kappa shape index (κ2) is 7.90. The van der Waals surface area contributed by atoms with E-state index in [0.717, 1.165) is 54.3 Å². The molecule has 5 rings (SSSR count).